The molecule has 0 fully saturated rings. The molecule has 2 aromatic rings. The molecular weight excluding hydrogens is 345 g/mol. The van der Waals surface area contributed by atoms with Crippen molar-refractivity contribution in [3.8, 4) is 16.3 Å². The van der Waals surface area contributed by atoms with E-state index in [0.29, 0.717) is 24.0 Å². The molecule has 0 unspecified atom stereocenters. The van der Waals surface area contributed by atoms with Crippen molar-refractivity contribution in [1.82, 2.24) is 4.98 Å². The Labute approximate surface area is 149 Å². The minimum Gasteiger partial charge on any atom is -0.504 e. The summed E-state index contributed by atoms with van der Waals surface area (Å²) in [6, 6.07) is 5.62. The van der Waals surface area contributed by atoms with E-state index < -0.39 is 0 Å². The van der Waals surface area contributed by atoms with Crippen LogP contribution in [-0.4, -0.2) is 11.6 Å². The quantitative estimate of drug-likeness (QED) is 0.751. The maximum atomic E-state index is 7.25. The monoisotopic (exact) mass is 360 g/mol. The fraction of sp³-hybridized carbons (Fsp3) is 0.333. The zero-order valence-corrected chi connectivity index (χ0v) is 15.5. The van der Waals surface area contributed by atoms with Gasteiger partial charge >= 0.3 is 0 Å². The van der Waals surface area contributed by atoms with Gasteiger partial charge in [-0.3, -0.25) is 0 Å². The Balaban J connectivity index is 0.00000200. The summed E-state index contributed by atoms with van der Waals surface area (Å²) in [6.07, 6.45) is 2.92. The van der Waals surface area contributed by atoms with Gasteiger partial charge in [0.15, 0.2) is 0 Å². The molecule has 2 rings (SSSR count). The molecule has 5 heteroatoms. The predicted octanol–water partition coefficient (Wildman–Crippen LogP) is 4.50. The van der Waals surface area contributed by atoms with Crippen molar-refractivity contribution in [2.24, 2.45) is 5.92 Å². The maximum Gasteiger partial charge on any atom is 0.227 e. The maximum absolute atomic E-state index is 7.25. The van der Waals surface area contributed by atoms with Crippen LogP contribution in [-0.2, 0) is 32.7 Å². The van der Waals surface area contributed by atoms with Crippen LogP contribution >= 0.6 is 11.3 Å². The third kappa shape index (κ3) is 4.38. The minimum atomic E-state index is 0. The van der Waals surface area contributed by atoms with Crippen molar-refractivity contribution in [1.29, 1.82) is 0 Å². The van der Waals surface area contributed by atoms with Crippen LogP contribution in [0, 0.1) is 25.6 Å². The van der Waals surface area contributed by atoms with Gasteiger partial charge in [-0.2, -0.15) is 0 Å². The Morgan fingerprint density at radius 1 is 1.45 bits per heavy atom. The summed E-state index contributed by atoms with van der Waals surface area (Å²) in [6.45, 7) is 14.0. The zero-order chi connectivity index (χ0) is 13.8. The third-order valence-corrected chi connectivity index (χ3v) is 3.38. The average Bonchev–Trinajstić information content (AvgIpc) is 2.82. The molecule has 0 aliphatic heterocycles. The van der Waals surface area contributed by atoms with E-state index in [9.17, 15) is 0 Å². The molecule has 0 spiro atoms. The van der Waals surface area contributed by atoms with Crippen LogP contribution in [0.5, 0.6) is 5.75 Å². The summed E-state index contributed by atoms with van der Waals surface area (Å²) >= 11 is 1.57. The van der Waals surface area contributed by atoms with Gasteiger partial charge in [-0.25, -0.2) is 16.2 Å². The van der Waals surface area contributed by atoms with Crippen LogP contribution in [0.15, 0.2) is 18.2 Å². The van der Waals surface area contributed by atoms with Crippen molar-refractivity contribution in [2.45, 2.75) is 20.8 Å². The van der Waals surface area contributed by atoms with E-state index in [2.05, 4.69) is 29.9 Å². The molecule has 1 radical (unpaired) electrons. The zero-order valence-electron chi connectivity index (χ0n) is 11.8. The standard InChI is InChI=1S/C15H15N2OS.Y/c1-10(2)9-18-14-6-5-12(7-13(14)16-4)15-17-8-11(3)19-15;/h5-7,10H,9H2,1-3H3;/q-1;. The molecular formula is C15H15N2OSY-. The second kappa shape index (κ2) is 7.88. The van der Waals surface area contributed by atoms with Crippen molar-refractivity contribution in [3.05, 3.63) is 40.7 Å². The fourth-order valence-electron chi connectivity index (χ4n) is 1.56. The summed E-state index contributed by atoms with van der Waals surface area (Å²) < 4.78 is 5.65. The molecule has 1 aromatic carbocycles. The van der Waals surface area contributed by atoms with Gasteiger partial charge in [0.05, 0.1) is 13.2 Å². The van der Waals surface area contributed by atoms with Crippen LogP contribution in [0.2, 0.25) is 0 Å². The second-order valence-electron chi connectivity index (χ2n) is 4.69. The van der Waals surface area contributed by atoms with Crippen molar-refractivity contribution in [3.63, 3.8) is 0 Å². The van der Waals surface area contributed by atoms with E-state index in [-0.39, 0.29) is 32.7 Å². The van der Waals surface area contributed by atoms with Gasteiger partial charge < -0.3 is 9.72 Å². The summed E-state index contributed by atoms with van der Waals surface area (Å²) in [5, 5.41) is 0.887. The summed E-state index contributed by atoms with van der Waals surface area (Å²) in [4.78, 5) is 8.79. The fourth-order valence-corrected chi connectivity index (χ4v) is 2.28. The van der Waals surface area contributed by atoms with Crippen LogP contribution in [0.3, 0.4) is 0 Å². The first-order chi connectivity index (χ1) is 9.10. The topological polar surface area (TPSA) is 26.5 Å². The smallest absolute Gasteiger partial charge is 0.227 e. The molecule has 0 aliphatic rings. The number of nitrogens with zero attached hydrogens (tertiary/aromatic N) is 2. The summed E-state index contributed by atoms with van der Waals surface area (Å²) in [5.74, 6) is 1.08. The van der Waals surface area contributed by atoms with Gasteiger partial charge in [0.25, 0.3) is 0 Å². The molecule has 1 heterocycles. The first kappa shape index (κ1) is 17.3. The first-order valence-corrected chi connectivity index (χ1v) is 6.91. The van der Waals surface area contributed by atoms with E-state index in [1.807, 2.05) is 25.1 Å². The molecule has 20 heavy (non-hydrogen) atoms. The molecule has 0 bridgehead atoms. The number of rotatable bonds is 4. The number of thiazole rings is 1. The Bertz CT molecular complexity index is 617. The van der Waals surface area contributed by atoms with Gasteiger partial charge in [0.1, 0.15) is 5.75 Å². The number of hydrogen-bond donors (Lipinski definition) is 0. The summed E-state index contributed by atoms with van der Waals surface area (Å²) in [5.41, 5.74) is 1.48. The molecule has 0 aliphatic carbocycles. The van der Waals surface area contributed by atoms with E-state index >= 15 is 0 Å². The van der Waals surface area contributed by atoms with Crippen LogP contribution < -0.4 is 4.74 Å². The normalized spacial score (nSPS) is 9.95. The largest absolute Gasteiger partial charge is 0.504 e. The van der Waals surface area contributed by atoms with E-state index in [1.54, 1.807) is 11.3 Å². The Morgan fingerprint density at radius 3 is 2.75 bits per heavy atom. The second-order valence-corrected chi connectivity index (χ2v) is 5.89. The van der Waals surface area contributed by atoms with Crippen LogP contribution in [0.4, 0.5) is 5.69 Å². The summed E-state index contributed by atoms with van der Waals surface area (Å²) in [7, 11) is 0. The molecule has 101 valence electrons. The van der Waals surface area contributed by atoms with Crippen LogP contribution in [0.25, 0.3) is 15.4 Å². The minimum absolute atomic E-state index is 0. The van der Waals surface area contributed by atoms with Gasteiger partial charge in [-0.05, 0) is 23.9 Å². The molecule has 0 saturated heterocycles. The Hall–Kier alpha value is -0.756. The van der Waals surface area contributed by atoms with E-state index in [0.717, 1.165) is 15.4 Å². The van der Waals surface area contributed by atoms with Crippen molar-refractivity contribution < 1.29 is 37.4 Å². The molecule has 0 saturated carbocycles. The Kier molecular flexibility index (Phi) is 6.81. The molecule has 3 nitrogen and oxygen atoms in total. The number of benzene rings is 1. The van der Waals surface area contributed by atoms with Crippen LogP contribution in [0.1, 0.15) is 18.7 Å². The number of aryl methyl sites for hydroxylation is 1. The average molecular weight is 360 g/mol. The number of aromatic nitrogens is 1. The SMILES string of the molecule is [C-]#[N+]c1cc(-c2n[c-]c(C)s2)ccc1OCC(C)C.[Y]. The van der Waals surface area contributed by atoms with Gasteiger partial charge in [0.2, 0.25) is 5.69 Å². The predicted molar refractivity (Wildman–Crippen MR) is 77.7 cm³/mol. The molecule has 1 aromatic heterocycles. The molecule has 0 amide bonds. The molecule has 0 N–H and O–H groups in total. The number of ether oxygens (including phenoxy) is 1. The van der Waals surface area contributed by atoms with Gasteiger partial charge in [-0.1, -0.05) is 36.4 Å². The molecule has 0 atom stereocenters. The van der Waals surface area contributed by atoms with E-state index in [4.69, 9.17) is 11.3 Å². The third-order valence-electron chi connectivity index (χ3n) is 2.46. The van der Waals surface area contributed by atoms with E-state index in [1.165, 1.54) is 0 Å². The Morgan fingerprint density at radius 2 is 2.20 bits per heavy atom. The van der Waals surface area contributed by atoms with Crippen molar-refractivity contribution >= 4 is 17.0 Å². The van der Waals surface area contributed by atoms with Gasteiger partial charge in [0, 0.05) is 32.7 Å². The van der Waals surface area contributed by atoms with Crippen molar-refractivity contribution in [2.75, 3.05) is 6.61 Å². The first-order valence-electron chi connectivity index (χ1n) is 6.10. The van der Waals surface area contributed by atoms with Gasteiger partial charge in [-0.15, -0.1) is 6.20 Å². The number of hydrogen-bond acceptors (Lipinski definition) is 3.